The summed E-state index contributed by atoms with van der Waals surface area (Å²) in [6.45, 7) is 6.55. The van der Waals surface area contributed by atoms with Crippen molar-refractivity contribution in [3.05, 3.63) is 35.4 Å². The molecule has 4 rings (SSSR count). The van der Waals surface area contributed by atoms with Gasteiger partial charge in [0.2, 0.25) is 5.91 Å². The Morgan fingerprint density at radius 1 is 1.20 bits per heavy atom. The number of aliphatic hydroxyl groups is 1. The average molecular weight is 433 g/mol. The summed E-state index contributed by atoms with van der Waals surface area (Å²) in [7, 11) is 0. The van der Waals surface area contributed by atoms with Crippen LogP contribution in [0, 0.1) is 6.92 Å². The molecule has 1 amide bonds. The third-order valence-electron chi connectivity index (χ3n) is 7.37. The van der Waals surface area contributed by atoms with Gasteiger partial charge in [-0.3, -0.25) is 4.79 Å². The van der Waals surface area contributed by atoms with Gasteiger partial charge in [-0.2, -0.15) is 11.8 Å². The monoisotopic (exact) mass is 432 g/mol. The summed E-state index contributed by atoms with van der Waals surface area (Å²) in [5.41, 5.74) is 0.997. The molecule has 0 aromatic heterocycles. The zero-order chi connectivity index (χ0) is 21.2. The third-order valence-corrected chi connectivity index (χ3v) is 8.42. The van der Waals surface area contributed by atoms with Crippen molar-refractivity contribution in [2.45, 2.75) is 75.7 Å². The quantitative estimate of drug-likeness (QED) is 0.766. The minimum atomic E-state index is -0.690. The van der Waals surface area contributed by atoms with Gasteiger partial charge in [0.25, 0.3) is 0 Å². The summed E-state index contributed by atoms with van der Waals surface area (Å²) >= 11 is 2.06. The highest BCUT2D eigenvalue weighted by Gasteiger charge is 2.54. The number of nitrogens with one attached hydrogen (secondary N) is 1. The number of carbonyl (C=O) groups is 1. The molecule has 0 aliphatic carbocycles. The van der Waals surface area contributed by atoms with Crippen molar-refractivity contribution in [3.8, 4) is 0 Å². The molecule has 1 aromatic rings. The van der Waals surface area contributed by atoms with Crippen LogP contribution in [-0.2, 0) is 16.0 Å². The smallest absolute Gasteiger partial charge is 0.224 e. The Balaban J connectivity index is 1.37. The predicted octanol–water partition coefficient (Wildman–Crippen LogP) is 2.92. The van der Waals surface area contributed by atoms with Gasteiger partial charge in [0.15, 0.2) is 0 Å². The summed E-state index contributed by atoms with van der Waals surface area (Å²) in [6, 6.07) is 8.74. The highest BCUT2D eigenvalue weighted by atomic mass is 32.2. The van der Waals surface area contributed by atoms with Gasteiger partial charge >= 0.3 is 0 Å². The van der Waals surface area contributed by atoms with E-state index in [4.69, 9.17) is 4.74 Å². The molecule has 1 spiro atoms. The van der Waals surface area contributed by atoms with E-state index in [2.05, 4.69) is 22.0 Å². The zero-order valence-electron chi connectivity index (χ0n) is 18.4. The van der Waals surface area contributed by atoms with Crippen molar-refractivity contribution < 1.29 is 14.6 Å². The Hall–Kier alpha value is -1.08. The highest BCUT2D eigenvalue weighted by molar-refractivity contribution is 7.99. The lowest BCUT2D eigenvalue weighted by Crippen LogP contribution is -2.69. The van der Waals surface area contributed by atoms with E-state index in [0.29, 0.717) is 25.5 Å². The van der Waals surface area contributed by atoms with Crippen molar-refractivity contribution in [1.29, 1.82) is 0 Å². The summed E-state index contributed by atoms with van der Waals surface area (Å²) < 4.78 is 6.23. The number of likely N-dealkylation sites (tertiary alicyclic amines) is 1. The SMILES string of the molecule is Cc1ccc(CC(=O)N[C@]2(C)CCOC3(CCN(C4CCSCC4)CC3)[C@H]2O)cc1. The molecule has 1 aromatic carbocycles. The van der Waals surface area contributed by atoms with E-state index in [0.717, 1.165) is 31.5 Å². The zero-order valence-corrected chi connectivity index (χ0v) is 19.2. The van der Waals surface area contributed by atoms with Gasteiger partial charge in [0.05, 0.1) is 17.6 Å². The number of hydrogen-bond acceptors (Lipinski definition) is 5. The van der Waals surface area contributed by atoms with Crippen molar-refractivity contribution in [1.82, 2.24) is 10.2 Å². The van der Waals surface area contributed by atoms with Crippen molar-refractivity contribution in [2.24, 2.45) is 0 Å². The summed E-state index contributed by atoms with van der Waals surface area (Å²) in [5, 5.41) is 14.6. The van der Waals surface area contributed by atoms with Crippen LogP contribution in [0.3, 0.4) is 0 Å². The first-order chi connectivity index (χ1) is 14.4. The van der Waals surface area contributed by atoms with Crippen LogP contribution in [0.2, 0.25) is 0 Å². The molecule has 2 N–H and O–H groups in total. The number of aliphatic hydroxyl groups excluding tert-OH is 1. The molecule has 3 aliphatic heterocycles. The van der Waals surface area contributed by atoms with Crippen LogP contribution >= 0.6 is 11.8 Å². The van der Waals surface area contributed by atoms with E-state index in [1.54, 1.807) is 0 Å². The van der Waals surface area contributed by atoms with Crippen LogP contribution in [0.15, 0.2) is 24.3 Å². The van der Waals surface area contributed by atoms with E-state index in [-0.39, 0.29) is 5.91 Å². The lowest BCUT2D eigenvalue weighted by atomic mass is 9.72. The lowest BCUT2D eigenvalue weighted by Gasteiger charge is -2.54. The molecule has 3 fully saturated rings. The van der Waals surface area contributed by atoms with Gasteiger partial charge < -0.3 is 20.1 Å². The number of hydrogen-bond donors (Lipinski definition) is 2. The fourth-order valence-corrected chi connectivity index (χ4v) is 6.46. The number of benzene rings is 1. The van der Waals surface area contributed by atoms with Gasteiger partial charge in [-0.05, 0) is 63.0 Å². The van der Waals surface area contributed by atoms with Crippen molar-refractivity contribution in [2.75, 3.05) is 31.2 Å². The van der Waals surface area contributed by atoms with Crippen molar-refractivity contribution in [3.63, 3.8) is 0 Å². The summed E-state index contributed by atoms with van der Waals surface area (Å²) in [5.74, 6) is 2.49. The topological polar surface area (TPSA) is 61.8 Å². The van der Waals surface area contributed by atoms with E-state index in [1.807, 2.05) is 38.1 Å². The maximum atomic E-state index is 12.8. The number of nitrogens with zero attached hydrogens (tertiary/aromatic N) is 1. The molecule has 0 radical (unpaired) electrons. The number of aryl methyl sites for hydroxylation is 1. The normalized spacial score (nSPS) is 30.3. The average Bonchev–Trinajstić information content (AvgIpc) is 2.75. The molecule has 3 saturated heterocycles. The maximum Gasteiger partial charge on any atom is 0.224 e. The van der Waals surface area contributed by atoms with Crippen LogP contribution in [-0.4, -0.2) is 70.4 Å². The maximum absolute atomic E-state index is 12.8. The second-order valence-electron chi connectivity index (χ2n) is 9.57. The Morgan fingerprint density at radius 3 is 2.53 bits per heavy atom. The fraction of sp³-hybridized carbons (Fsp3) is 0.708. The van der Waals surface area contributed by atoms with E-state index in [1.165, 1.54) is 29.9 Å². The van der Waals surface area contributed by atoms with E-state index < -0.39 is 17.2 Å². The number of carbonyl (C=O) groups excluding carboxylic acids is 1. The first-order valence-electron chi connectivity index (χ1n) is 11.4. The number of ether oxygens (including phenoxy) is 1. The minimum Gasteiger partial charge on any atom is -0.388 e. The molecule has 6 heteroatoms. The van der Waals surface area contributed by atoms with Gasteiger partial charge in [-0.1, -0.05) is 29.8 Å². The number of amides is 1. The number of thioether (sulfide) groups is 1. The Morgan fingerprint density at radius 2 is 1.87 bits per heavy atom. The second kappa shape index (κ2) is 9.19. The van der Waals surface area contributed by atoms with Gasteiger partial charge in [-0.15, -0.1) is 0 Å². The third kappa shape index (κ3) is 4.72. The summed E-state index contributed by atoms with van der Waals surface area (Å²) in [4.78, 5) is 15.4. The molecule has 3 aliphatic rings. The predicted molar refractivity (Wildman–Crippen MR) is 122 cm³/mol. The largest absolute Gasteiger partial charge is 0.388 e. The molecule has 5 nitrogen and oxygen atoms in total. The van der Waals surface area contributed by atoms with Crippen LogP contribution < -0.4 is 5.32 Å². The number of piperidine rings is 1. The number of rotatable bonds is 4. The molecule has 30 heavy (non-hydrogen) atoms. The summed E-state index contributed by atoms with van der Waals surface area (Å²) in [6.07, 6.45) is 4.50. The minimum absolute atomic E-state index is 0.0328. The van der Waals surface area contributed by atoms with Crippen LogP contribution in [0.25, 0.3) is 0 Å². The highest BCUT2D eigenvalue weighted by Crippen LogP contribution is 2.41. The van der Waals surface area contributed by atoms with Crippen LogP contribution in [0.1, 0.15) is 50.2 Å². The molecule has 166 valence electrons. The Labute approximate surface area is 184 Å². The van der Waals surface area contributed by atoms with Crippen molar-refractivity contribution >= 4 is 17.7 Å². The molecular weight excluding hydrogens is 396 g/mol. The molecular formula is C24H36N2O3S. The first-order valence-corrected chi connectivity index (χ1v) is 12.6. The Kier molecular flexibility index (Phi) is 6.78. The molecule has 2 atom stereocenters. The van der Waals surface area contributed by atoms with Gasteiger partial charge in [0, 0.05) is 25.7 Å². The lowest BCUT2D eigenvalue weighted by molar-refractivity contribution is -0.209. The van der Waals surface area contributed by atoms with Crippen LogP contribution in [0.5, 0.6) is 0 Å². The fourth-order valence-electron chi connectivity index (χ4n) is 5.38. The van der Waals surface area contributed by atoms with E-state index >= 15 is 0 Å². The molecule has 0 unspecified atom stereocenters. The first kappa shape index (κ1) is 22.1. The van der Waals surface area contributed by atoms with E-state index in [9.17, 15) is 9.90 Å². The molecule has 3 heterocycles. The Bertz CT molecular complexity index is 726. The van der Waals surface area contributed by atoms with Gasteiger partial charge in [0.1, 0.15) is 6.10 Å². The second-order valence-corrected chi connectivity index (χ2v) is 10.8. The van der Waals surface area contributed by atoms with Gasteiger partial charge in [-0.25, -0.2) is 0 Å². The van der Waals surface area contributed by atoms with Crippen LogP contribution in [0.4, 0.5) is 0 Å². The molecule has 0 bridgehead atoms. The molecule has 0 saturated carbocycles. The standard InChI is InChI=1S/C24H36N2O3S/c1-18-3-5-19(6-4-18)17-21(27)25-23(2)11-14-29-24(22(23)28)9-12-26(13-10-24)20-7-15-30-16-8-20/h3-6,20,22,28H,7-17H2,1-2H3,(H,25,27)/t22-,23+/m0/s1.